The summed E-state index contributed by atoms with van der Waals surface area (Å²) in [6.07, 6.45) is 2.02. The molecule has 1 saturated heterocycles. The Morgan fingerprint density at radius 2 is 2.20 bits per heavy atom. The van der Waals surface area contributed by atoms with Crippen LogP contribution in [0.1, 0.15) is 12.8 Å². The lowest BCUT2D eigenvalue weighted by molar-refractivity contribution is 0.0489. The number of aromatic nitrogens is 1. The van der Waals surface area contributed by atoms with Gasteiger partial charge in [0.1, 0.15) is 0 Å². The average Bonchev–Trinajstić information content (AvgIpc) is 2.28. The van der Waals surface area contributed by atoms with Gasteiger partial charge < -0.3 is 9.47 Å². The molecule has 1 aliphatic rings. The molecule has 0 aromatic carbocycles. The van der Waals surface area contributed by atoms with Crippen LogP contribution >= 0.6 is 0 Å². The van der Waals surface area contributed by atoms with Crippen molar-refractivity contribution in [2.24, 2.45) is 5.92 Å². The number of nitrogens with zero attached hydrogens (tertiary/aromatic N) is 1. The van der Waals surface area contributed by atoms with E-state index in [0.29, 0.717) is 18.4 Å². The molecule has 82 valence electrons. The summed E-state index contributed by atoms with van der Waals surface area (Å²) < 4.78 is 23.4. The monoisotopic (exact) mass is 211 g/mol. The third kappa shape index (κ3) is 3.16. The van der Waals surface area contributed by atoms with Gasteiger partial charge in [0.25, 0.3) is 0 Å². The molecule has 0 atom stereocenters. The summed E-state index contributed by atoms with van der Waals surface area (Å²) in [7, 11) is 0. The Hall–Kier alpha value is -1.16. The quantitative estimate of drug-likeness (QED) is 0.717. The molecule has 0 radical (unpaired) electrons. The number of rotatable bonds is 3. The molecule has 0 bridgehead atoms. The lowest BCUT2D eigenvalue weighted by Gasteiger charge is -2.21. The lowest BCUT2D eigenvalue weighted by Crippen LogP contribution is -2.21. The Bertz CT molecular complexity index is 313. The predicted molar refractivity (Wildman–Crippen MR) is 53.2 cm³/mol. The average molecular weight is 211 g/mol. The molecule has 0 N–H and O–H groups in total. The minimum Gasteiger partial charge on any atom is -0.477 e. The van der Waals surface area contributed by atoms with Crippen LogP contribution in [0.15, 0.2) is 18.2 Å². The molecule has 1 aromatic rings. The molecule has 15 heavy (non-hydrogen) atoms. The Balaban J connectivity index is 1.81. The Morgan fingerprint density at radius 1 is 1.40 bits per heavy atom. The van der Waals surface area contributed by atoms with Crippen LogP contribution in [0.25, 0.3) is 0 Å². The van der Waals surface area contributed by atoms with E-state index in [-0.39, 0.29) is 0 Å². The molecule has 0 spiro atoms. The van der Waals surface area contributed by atoms with E-state index in [1.54, 1.807) is 12.1 Å². The van der Waals surface area contributed by atoms with Gasteiger partial charge in [-0.05, 0) is 24.8 Å². The first-order chi connectivity index (χ1) is 7.34. The second-order valence-corrected chi connectivity index (χ2v) is 3.67. The highest BCUT2D eigenvalue weighted by atomic mass is 19.1. The lowest BCUT2D eigenvalue weighted by atomic mass is 10.0. The fourth-order valence-electron chi connectivity index (χ4n) is 1.59. The second-order valence-electron chi connectivity index (χ2n) is 3.67. The summed E-state index contributed by atoms with van der Waals surface area (Å²) in [5, 5.41) is 0. The van der Waals surface area contributed by atoms with Gasteiger partial charge in [-0.3, -0.25) is 0 Å². The van der Waals surface area contributed by atoms with Crippen molar-refractivity contribution in [2.45, 2.75) is 12.8 Å². The normalized spacial score (nSPS) is 17.7. The minimum absolute atomic E-state index is 0.362. The number of hydrogen-bond acceptors (Lipinski definition) is 3. The van der Waals surface area contributed by atoms with Gasteiger partial charge in [0, 0.05) is 19.3 Å². The van der Waals surface area contributed by atoms with E-state index in [4.69, 9.17) is 9.47 Å². The molecule has 0 saturated carbocycles. The van der Waals surface area contributed by atoms with Gasteiger partial charge >= 0.3 is 0 Å². The highest BCUT2D eigenvalue weighted by Gasteiger charge is 2.14. The summed E-state index contributed by atoms with van der Waals surface area (Å²) >= 11 is 0. The highest BCUT2D eigenvalue weighted by Crippen LogP contribution is 2.16. The van der Waals surface area contributed by atoms with Crippen molar-refractivity contribution in [3.63, 3.8) is 0 Å². The molecule has 2 rings (SSSR count). The third-order valence-electron chi connectivity index (χ3n) is 2.50. The fourth-order valence-corrected chi connectivity index (χ4v) is 1.59. The first-order valence-electron chi connectivity index (χ1n) is 5.18. The van der Waals surface area contributed by atoms with Crippen LogP contribution in [-0.4, -0.2) is 24.8 Å². The molecule has 0 aliphatic carbocycles. The zero-order valence-corrected chi connectivity index (χ0v) is 8.49. The van der Waals surface area contributed by atoms with E-state index in [1.165, 1.54) is 6.07 Å². The maximum atomic E-state index is 12.7. The van der Waals surface area contributed by atoms with Gasteiger partial charge in [-0.25, -0.2) is 0 Å². The summed E-state index contributed by atoms with van der Waals surface area (Å²) in [4.78, 5) is 3.64. The Morgan fingerprint density at radius 3 is 2.93 bits per heavy atom. The van der Waals surface area contributed by atoms with E-state index >= 15 is 0 Å². The summed E-state index contributed by atoms with van der Waals surface area (Å²) in [6.45, 7) is 2.19. The van der Waals surface area contributed by atoms with Gasteiger partial charge in [-0.2, -0.15) is 9.37 Å². The first-order valence-corrected chi connectivity index (χ1v) is 5.18. The molecule has 0 unspecified atom stereocenters. The molecule has 3 nitrogen and oxygen atoms in total. The van der Waals surface area contributed by atoms with E-state index in [9.17, 15) is 4.39 Å². The van der Waals surface area contributed by atoms with Crippen LogP contribution in [0.4, 0.5) is 4.39 Å². The van der Waals surface area contributed by atoms with Crippen molar-refractivity contribution < 1.29 is 13.9 Å². The number of ether oxygens (including phenoxy) is 2. The maximum absolute atomic E-state index is 12.7. The zero-order chi connectivity index (χ0) is 10.5. The topological polar surface area (TPSA) is 31.4 Å². The largest absolute Gasteiger partial charge is 0.477 e. The maximum Gasteiger partial charge on any atom is 0.216 e. The molecule has 4 heteroatoms. The van der Waals surface area contributed by atoms with Gasteiger partial charge in [-0.1, -0.05) is 6.07 Å². The number of halogens is 1. The molecule has 1 aromatic heterocycles. The van der Waals surface area contributed by atoms with E-state index in [0.717, 1.165) is 26.1 Å². The SMILES string of the molecule is Fc1cccc(OCC2CCOCC2)n1. The van der Waals surface area contributed by atoms with Crippen LogP contribution in [-0.2, 0) is 4.74 Å². The summed E-state index contributed by atoms with van der Waals surface area (Å²) in [5.74, 6) is 0.366. The number of pyridine rings is 1. The Kier molecular flexibility index (Phi) is 3.50. The van der Waals surface area contributed by atoms with Gasteiger partial charge in [0.15, 0.2) is 0 Å². The predicted octanol–water partition coefficient (Wildman–Crippen LogP) is 2.03. The van der Waals surface area contributed by atoms with Crippen LogP contribution in [0.5, 0.6) is 5.88 Å². The zero-order valence-electron chi connectivity index (χ0n) is 8.49. The van der Waals surface area contributed by atoms with Crippen molar-refractivity contribution in [3.05, 3.63) is 24.1 Å². The van der Waals surface area contributed by atoms with Crippen molar-refractivity contribution in [1.82, 2.24) is 4.98 Å². The molecule has 2 heterocycles. The summed E-state index contributed by atoms with van der Waals surface area (Å²) in [6, 6.07) is 4.57. The standard InChI is InChI=1S/C11H14FNO2/c12-10-2-1-3-11(13-10)15-8-9-4-6-14-7-5-9/h1-3,9H,4-8H2. The van der Waals surface area contributed by atoms with Crippen molar-refractivity contribution in [1.29, 1.82) is 0 Å². The Labute approximate surface area is 88.2 Å². The van der Waals surface area contributed by atoms with Crippen LogP contribution in [0.3, 0.4) is 0 Å². The fraction of sp³-hybridized carbons (Fsp3) is 0.545. The van der Waals surface area contributed by atoms with Gasteiger partial charge in [0.2, 0.25) is 11.8 Å². The van der Waals surface area contributed by atoms with Crippen molar-refractivity contribution in [2.75, 3.05) is 19.8 Å². The molecule has 1 aliphatic heterocycles. The van der Waals surface area contributed by atoms with E-state index < -0.39 is 5.95 Å². The van der Waals surface area contributed by atoms with Crippen LogP contribution in [0.2, 0.25) is 0 Å². The summed E-state index contributed by atoms with van der Waals surface area (Å²) in [5.41, 5.74) is 0. The van der Waals surface area contributed by atoms with E-state index in [1.807, 2.05) is 0 Å². The molecule has 0 amide bonds. The second kappa shape index (κ2) is 5.07. The third-order valence-corrected chi connectivity index (χ3v) is 2.50. The minimum atomic E-state index is -0.500. The van der Waals surface area contributed by atoms with E-state index in [2.05, 4.69) is 4.98 Å². The first kappa shape index (κ1) is 10.4. The van der Waals surface area contributed by atoms with Crippen molar-refractivity contribution >= 4 is 0 Å². The molecular weight excluding hydrogens is 197 g/mol. The smallest absolute Gasteiger partial charge is 0.216 e. The van der Waals surface area contributed by atoms with Gasteiger partial charge in [-0.15, -0.1) is 0 Å². The molecular formula is C11H14FNO2. The van der Waals surface area contributed by atoms with Crippen LogP contribution in [0, 0.1) is 11.9 Å². The van der Waals surface area contributed by atoms with Crippen LogP contribution < -0.4 is 4.74 Å². The highest BCUT2D eigenvalue weighted by molar-refractivity contribution is 5.10. The molecule has 1 fully saturated rings. The van der Waals surface area contributed by atoms with Crippen molar-refractivity contribution in [3.8, 4) is 5.88 Å². The van der Waals surface area contributed by atoms with Gasteiger partial charge in [0.05, 0.1) is 6.61 Å². The number of hydrogen-bond donors (Lipinski definition) is 0.